The molecule has 0 heterocycles. The van der Waals surface area contributed by atoms with E-state index >= 15 is 0 Å². The number of carbonyl (C=O) groups is 1. The lowest BCUT2D eigenvalue weighted by Gasteiger charge is -2.24. The van der Waals surface area contributed by atoms with Gasteiger partial charge in [-0.2, -0.15) is 0 Å². The van der Waals surface area contributed by atoms with E-state index in [0.29, 0.717) is 6.42 Å². The number of nitrogen functional groups attached to an aromatic ring is 1. The molecule has 0 aliphatic rings. The van der Waals surface area contributed by atoms with E-state index < -0.39 is 0 Å². The molecule has 0 saturated carbocycles. The Labute approximate surface area is 103 Å². The normalized spacial score (nSPS) is 10.0. The average Bonchev–Trinajstić information content (AvgIpc) is 2.35. The van der Waals surface area contributed by atoms with Crippen molar-refractivity contribution in [2.24, 2.45) is 0 Å². The molecule has 0 aromatic heterocycles. The fourth-order valence-corrected chi connectivity index (χ4v) is 1.69. The van der Waals surface area contributed by atoms with Gasteiger partial charge in [-0.1, -0.05) is 6.92 Å². The molecule has 0 saturated heterocycles. The number of nitrogens with zero attached hydrogens (tertiary/aromatic N) is 1. The molecule has 94 valence electrons. The predicted octanol–water partition coefficient (Wildman–Crippen LogP) is 1.62. The molecule has 3 N–H and O–H groups in total. The molecule has 1 amide bonds. The third kappa shape index (κ3) is 4.34. The maximum absolute atomic E-state index is 11.2. The van der Waals surface area contributed by atoms with Crippen LogP contribution < -0.4 is 16.0 Å². The van der Waals surface area contributed by atoms with Crippen molar-refractivity contribution in [3.8, 4) is 0 Å². The molecule has 0 aliphatic heterocycles. The van der Waals surface area contributed by atoms with E-state index in [1.165, 1.54) is 0 Å². The molecule has 0 spiro atoms. The van der Waals surface area contributed by atoms with Crippen LogP contribution in [0, 0.1) is 0 Å². The first-order chi connectivity index (χ1) is 8.17. The van der Waals surface area contributed by atoms with Gasteiger partial charge in [-0.25, -0.2) is 0 Å². The summed E-state index contributed by atoms with van der Waals surface area (Å²) >= 11 is 0. The second-order valence-corrected chi connectivity index (χ2v) is 4.00. The molecular formula is C13H21N3O. The Bertz CT molecular complexity index is 348. The van der Waals surface area contributed by atoms with Gasteiger partial charge in [0, 0.05) is 37.9 Å². The minimum atomic E-state index is 0.0709. The summed E-state index contributed by atoms with van der Waals surface area (Å²) in [4.78, 5) is 13.5. The van der Waals surface area contributed by atoms with Crippen LogP contribution in [0.1, 0.15) is 19.8 Å². The zero-order chi connectivity index (χ0) is 12.7. The van der Waals surface area contributed by atoms with Gasteiger partial charge in [-0.3, -0.25) is 4.79 Å². The van der Waals surface area contributed by atoms with E-state index in [1.54, 1.807) is 7.05 Å². The number of hydrogen-bond acceptors (Lipinski definition) is 3. The molecule has 0 radical (unpaired) electrons. The highest BCUT2D eigenvalue weighted by atomic mass is 16.1. The second-order valence-electron chi connectivity index (χ2n) is 4.00. The van der Waals surface area contributed by atoms with Crippen molar-refractivity contribution in [3.63, 3.8) is 0 Å². The van der Waals surface area contributed by atoms with Gasteiger partial charge in [0.2, 0.25) is 5.91 Å². The molecule has 4 heteroatoms. The zero-order valence-electron chi connectivity index (χ0n) is 10.6. The number of amides is 1. The highest BCUT2D eigenvalue weighted by molar-refractivity contribution is 5.76. The molecule has 0 unspecified atom stereocenters. The summed E-state index contributed by atoms with van der Waals surface area (Å²) in [6, 6.07) is 7.76. The third-order valence-corrected chi connectivity index (χ3v) is 2.64. The van der Waals surface area contributed by atoms with Gasteiger partial charge in [0.1, 0.15) is 0 Å². The SMILES string of the molecule is CCCN(CCC(=O)NC)c1ccc(N)cc1. The number of carbonyl (C=O) groups excluding carboxylic acids is 1. The van der Waals surface area contributed by atoms with E-state index in [-0.39, 0.29) is 5.91 Å². The van der Waals surface area contributed by atoms with Crippen molar-refractivity contribution in [1.82, 2.24) is 5.32 Å². The van der Waals surface area contributed by atoms with Crippen molar-refractivity contribution in [1.29, 1.82) is 0 Å². The van der Waals surface area contributed by atoms with Crippen molar-refractivity contribution in [3.05, 3.63) is 24.3 Å². The Hall–Kier alpha value is -1.71. The second kappa shape index (κ2) is 6.78. The summed E-state index contributed by atoms with van der Waals surface area (Å²) in [5.41, 5.74) is 7.54. The summed E-state index contributed by atoms with van der Waals surface area (Å²) in [5, 5.41) is 2.64. The van der Waals surface area contributed by atoms with Gasteiger partial charge in [0.15, 0.2) is 0 Å². The molecular weight excluding hydrogens is 214 g/mol. The van der Waals surface area contributed by atoms with E-state index in [9.17, 15) is 4.79 Å². The summed E-state index contributed by atoms with van der Waals surface area (Å²) < 4.78 is 0. The highest BCUT2D eigenvalue weighted by Crippen LogP contribution is 2.16. The molecule has 4 nitrogen and oxygen atoms in total. The minimum Gasteiger partial charge on any atom is -0.399 e. The number of anilines is 2. The van der Waals surface area contributed by atoms with Gasteiger partial charge in [0.25, 0.3) is 0 Å². The van der Waals surface area contributed by atoms with Crippen molar-refractivity contribution in [2.75, 3.05) is 30.8 Å². The number of rotatable bonds is 6. The summed E-state index contributed by atoms with van der Waals surface area (Å²) in [6.07, 6.45) is 1.57. The Morgan fingerprint density at radius 2 is 1.94 bits per heavy atom. The fraction of sp³-hybridized carbons (Fsp3) is 0.462. The van der Waals surface area contributed by atoms with Gasteiger partial charge < -0.3 is 16.0 Å². The number of hydrogen-bond donors (Lipinski definition) is 2. The largest absolute Gasteiger partial charge is 0.399 e. The molecule has 0 fully saturated rings. The number of nitrogens with two attached hydrogens (primary N) is 1. The summed E-state index contributed by atoms with van der Waals surface area (Å²) in [7, 11) is 1.66. The van der Waals surface area contributed by atoms with Crippen molar-refractivity contribution >= 4 is 17.3 Å². The van der Waals surface area contributed by atoms with Crippen LogP contribution in [-0.4, -0.2) is 26.0 Å². The van der Waals surface area contributed by atoms with Crippen LogP contribution in [0.5, 0.6) is 0 Å². The molecule has 0 bridgehead atoms. The molecule has 1 aromatic carbocycles. The Morgan fingerprint density at radius 3 is 2.47 bits per heavy atom. The Kier molecular flexibility index (Phi) is 5.33. The first kappa shape index (κ1) is 13.4. The lowest BCUT2D eigenvalue weighted by Crippen LogP contribution is -2.30. The lowest BCUT2D eigenvalue weighted by atomic mass is 10.2. The van der Waals surface area contributed by atoms with Gasteiger partial charge >= 0.3 is 0 Å². The van der Waals surface area contributed by atoms with Crippen molar-refractivity contribution in [2.45, 2.75) is 19.8 Å². The van der Waals surface area contributed by atoms with Crippen LogP contribution in [0.4, 0.5) is 11.4 Å². The monoisotopic (exact) mass is 235 g/mol. The first-order valence-electron chi connectivity index (χ1n) is 5.98. The Balaban J connectivity index is 2.64. The Morgan fingerprint density at radius 1 is 1.29 bits per heavy atom. The number of nitrogens with one attached hydrogen (secondary N) is 1. The minimum absolute atomic E-state index is 0.0709. The zero-order valence-corrected chi connectivity index (χ0v) is 10.6. The maximum Gasteiger partial charge on any atom is 0.221 e. The smallest absolute Gasteiger partial charge is 0.221 e. The molecule has 1 rings (SSSR count). The van der Waals surface area contributed by atoms with Gasteiger partial charge in [0.05, 0.1) is 0 Å². The quantitative estimate of drug-likeness (QED) is 0.737. The van der Waals surface area contributed by atoms with Crippen molar-refractivity contribution < 1.29 is 4.79 Å². The fourth-order valence-electron chi connectivity index (χ4n) is 1.69. The topological polar surface area (TPSA) is 58.4 Å². The van der Waals surface area contributed by atoms with Crippen LogP contribution in [-0.2, 0) is 4.79 Å². The van der Waals surface area contributed by atoms with Crippen LogP contribution in [0.2, 0.25) is 0 Å². The standard InChI is InChI=1S/C13H21N3O/c1-3-9-16(10-8-13(17)15-2)12-6-4-11(14)5-7-12/h4-7H,3,8-10,14H2,1-2H3,(H,15,17). The molecule has 0 atom stereocenters. The maximum atomic E-state index is 11.2. The van der Waals surface area contributed by atoms with Crippen LogP contribution in [0.25, 0.3) is 0 Å². The average molecular weight is 235 g/mol. The summed E-state index contributed by atoms with van der Waals surface area (Å²) in [6.45, 7) is 3.81. The molecule has 0 aliphatic carbocycles. The van der Waals surface area contributed by atoms with E-state index in [0.717, 1.165) is 30.9 Å². The van der Waals surface area contributed by atoms with E-state index in [2.05, 4.69) is 17.1 Å². The first-order valence-corrected chi connectivity index (χ1v) is 5.98. The van der Waals surface area contributed by atoms with Crippen LogP contribution in [0.3, 0.4) is 0 Å². The molecule has 1 aromatic rings. The number of benzene rings is 1. The lowest BCUT2D eigenvalue weighted by molar-refractivity contribution is -0.120. The predicted molar refractivity (Wildman–Crippen MR) is 72.0 cm³/mol. The van der Waals surface area contributed by atoms with Gasteiger partial charge in [-0.05, 0) is 30.7 Å². The molecule has 17 heavy (non-hydrogen) atoms. The van der Waals surface area contributed by atoms with E-state index in [1.807, 2.05) is 24.3 Å². The highest BCUT2D eigenvalue weighted by Gasteiger charge is 2.07. The van der Waals surface area contributed by atoms with Gasteiger partial charge in [-0.15, -0.1) is 0 Å². The van der Waals surface area contributed by atoms with E-state index in [4.69, 9.17) is 5.73 Å². The van der Waals surface area contributed by atoms with Crippen LogP contribution >= 0.6 is 0 Å². The summed E-state index contributed by atoms with van der Waals surface area (Å²) in [5.74, 6) is 0.0709. The van der Waals surface area contributed by atoms with Crippen LogP contribution in [0.15, 0.2) is 24.3 Å². The third-order valence-electron chi connectivity index (χ3n) is 2.64.